The highest BCUT2D eigenvalue weighted by molar-refractivity contribution is 6.07. The van der Waals surface area contributed by atoms with Crippen LogP contribution in [0.2, 0.25) is 0 Å². The number of hydrogen-bond donors (Lipinski definition) is 2. The molecule has 0 unspecified atom stereocenters. The van der Waals surface area contributed by atoms with Gasteiger partial charge in [0.2, 0.25) is 0 Å². The standard InChI is InChI=1S/C26H29N3/c1-29(26-14-17-9-18(15-26)11-19(10-17)16-26)25(27)28-24-8-4-7-22-12-20-5-2-3-6-21(20)13-23(22)24/h2-8,12-13,17-19H,9-11,14-16H2,1H3,(H2,27,28). The maximum atomic E-state index is 8.92. The highest BCUT2D eigenvalue weighted by Gasteiger charge is 2.53. The molecule has 2 N–H and O–H groups in total. The molecule has 3 heteroatoms. The Morgan fingerprint density at radius 3 is 2.10 bits per heavy atom. The van der Waals surface area contributed by atoms with Gasteiger partial charge in [0.05, 0.1) is 0 Å². The second-order valence-corrected chi connectivity index (χ2v) is 9.90. The predicted octanol–water partition coefficient (Wildman–Crippen LogP) is 6.24. The van der Waals surface area contributed by atoms with Gasteiger partial charge in [-0.3, -0.25) is 5.41 Å². The summed E-state index contributed by atoms with van der Waals surface area (Å²) in [4.78, 5) is 2.29. The van der Waals surface area contributed by atoms with Gasteiger partial charge in [-0.05, 0) is 90.6 Å². The minimum absolute atomic E-state index is 0.204. The van der Waals surface area contributed by atoms with E-state index in [1.807, 2.05) is 0 Å². The van der Waals surface area contributed by atoms with Crippen molar-refractivity contribution < 1.29 is 0 Å². The average Bonchev–Trinajstić information content (AvgIpc) is 2.71. The van der Waals surface area contributed by atoms with E-state index >= 15 is 0 Å². The molecule has 148 valence electrons. The largest absolute Gasteiger partial charge is 0.340 e. The summed E-state index contributed by atoms with van der Waals surface area (Å²) in [5.41, 5.74) is 1.24. The van der Waals surface area contributed by atoms with E-state index in [0.717, 1.165) is 23.4 Å². The molecule has 4 aliphatic rings. The van der Waals surface area contributed by atoms with Gasteiger partial charge in [0.15, 0.2) is 5.96 Å². The topological polar surface area (TPSA) is 39.1 Å². The first kappa shape index (κ1) is 17.3. The lowest BCUT2D eigenvalue weighted by molar-refractivity contribution is -0.0548. The summed E-state index contributed by atoms with van der Waals surface area (Å²) in [6, 6.07) is 19.4. The molecule has 4 fully saturated rings. The van der Waals surface area contributed by atoms with Gasteiger partial charge >= 0.3 is 0 Å². The number of nitrogens with one attached hydrogen (secondary N) is 2. The van der Waals surface area contributed by atoms with Crippen LogP contribution < -0.4 is 5.32 Å². The van der Waals surface area contributed by atoms with Crippen molar-refractivity contribution in [3.05, 3.63) is 54.6 Å². The molecule has 0 atom stereocenters. The van der Waals surface area contributed by atoms with Gasteiger partial charge in [-0.25, -0.2) is 0 Å². The number of benzene rings is 3. The third-order valence-electron chi connectivity index (χ3n) is 8.05. The molecule has 4 bridgehead atoms. The molecule has 29 heavy (non-hydrogen) atoms. The van der Waals surface area contributed by atoms with E-state index in [2.05, 4.69) is 71.9 Å². The first-order chi connectivity index (χ1) is 14.1. The fourth-order valence-corrected chi connectivity index (χ4v) is 7.00. The minimum atomic E-state index is 0.204. The number of anilines is 1. The van der Waals surface area contributed by atoms with Crippen LogP contribution in [0.5, 0.6) is 0 Å². The quantitative estimate of drug-likeness (QED) is 0.312. The van der Waals surface area contributed by atoms with Crippen molar-refractivity contribution in [2.24, 2.45) is 17.8 Å². The van der Waals surface area contributed by atoms with E-state index in [-0.39, 0.29) is 5.54 Å². The van der Waals surface area contributed by atoms with Crippen molar-refractivity contribution in [3.8, 4) is 0 Å². The first-order valence-corrected chi connectivity index (χ1v) is 11.1. The summed E-state index contributed by atoms with van der Waals surface area (Å²) in [7, 11) is 2.16. The van der Waals surface area contributed by atoms with Crippen molar-refractivity contribution in [2.75, 3.05) is 12.4 Å². The van der Waals surface area contributed by atoms with Crippen LogP contribution in [-0.4, -0.2) is 23.4 Å². The molecule has 4 aliphatic carbocycles. The van der Waals surface area contributed by atoms with Gasteiger partial charge < -0.3 is 10.2 Å². The summed E-state index contributed by atoms with van der Waals surface area (Å²) in [5.74, 6) is 3.22. The molecule has 0 amide bonds. The van der Waals surface area contributed by atoms with Gasteiger partial charge in [0.1, 0.15) is 0 Å². The van der Waals surface area contributed by atoms with Gasteiger partial charge in [-0.15, -0.1) is 0 Å². The maximum Gasteiger partial charge on any atom is 0.195 e. The minimum Gasteiger partial charge on any atom is -0.340 e. The lowest BCUT2D eigenvalue weighted by Gasteiger charge is -2.60. The molecule has 3 nitrogen and oxygen atoms in total. The Morgan fingerprint density at radius 2 is 1.45 bits per heavy atom. The van der Waals surface area contributed by atoms with Crippen molar-refractivity contribution in [1.82, 2.24) is 4.90 Å². The normalized spacial score (nSPS) is 30.0. The van der Waals surface area contributed by atoms with Crippen molar-refractivity contribution >= 4 is 33.2 Å². The molecule has 4 saturated carbocycles. The summed E-state index contributed by atoms with van der Waals surface area (Å²) in [6.45, 7) is 0. The van der Waals surface area contributed by atoms with Crippen molar-refractivity contribution in [2.45, 2.75) is 44.1 Å². The van der Waals surface area contributed by atoms with Crippen LogP contribution in [0.4, 0.5) is 5.69 Å². The van der Waals surface area contributed by atoms with Gasteiger partial charge in [0, 0.05) is 23.7 Å². The number of rotatable bonds is 2. The van der Waals surface area contributed by atoms with Gasteiger partial charge in [-0.1, -0.05) is 36.4 Å². The van der Waals surface area contributed by atoms with Gasteiger partial charge in [-0.2, -0.15) is 0 Å². The van der Waals surface area contributed by atoms with Crippen LogP contribution in [0.15, 0.2) is 54.6 Å². The molecule has 0 aliphatic heterocycles. The second kappa shape index (κ2) is 6.22. The molecule has 0 saturated heterocycles. The SMILES string of the molecule is CN(C(=N)Nc1cccc2cc3ccccc3cc12)C12CC3CC(CC(C3)C1)C2. The molecule has 7 rings (SSSR count). The second-order valence-electron chi connectivity index (χ2n) is 9.90. The van der Waals surface area contributed by atoms with Crippen LogP contribution in [0.3, 0.4) is 0 Å². The zero-order valence-corrected chi connectivity index (χ0v) is 17.1. The maximum absolute atomic E-state index is 8.92. The fourth-order valence-electron chi connectivity index (χ4n) is 7.00. The van der Waals surface area contributed by atoms with Crippen LogP contribution in [-0.2, 0) is 0 Å². The lowest BCUT2D eigenvalue weighted by atomic mass is 9.52. The molecular formula is C26H29N3. The van der Waals surface area contributed by atoms with Crippen LogP contribution in [0.25, 0.3) is 21.5 Å². The van der Waals surface area contributed by atoms with E-state index in [1.54, 1.807) is 0 Å². The van der Waals surface area contributed by atoms with E-state index < -0.39 is 0 Å². The Bertz CT molecular complexity index is 1080. The zero-order valence-electron chi connectivity index (χ0n) is 17.1. The Hall–Kier alpha value is -2.55. The first-order valence-electron chi connectivity index (χ1n) is 11.1. The van der Waals surface area contributed by atoms with Crippen LogP contribution in [0, 0.1) is 23.2 Å². The van der Waals surface area contributed by atoms with E-state index in [1.165, 1.54) is 60.1 Å². The lowest BCUT2D eigenvalue weighted by Crippen LogP contribution is -2.61. The van der Waals surface area contributed by atoms with Crippen LogP contribution in [0.1, 0.15) is 38.5 Å². The summed E-state index contributed by atoms with van der Waals surface area (Å²) < 4.78 is 0. The summed E-state index contributed by atoms with van der Waals surface area (Å²) >= 11 is 0. The number of hydrogen-bond acceptors (Lipinski definition) is 1. The van der Waals surface area contributed by atoms with Crippen molar-refractivity contribution in [1.29, 1.82) is 5.41 Å². The van der Waals surface area contributed by atoms with E-state index in [4.69, 9.17) is 5.41 Å². The number of nitrogens with zero attached hydrogens (tertiary/aromatic N) is 1. The predicted molar refractivity (Wildman–Crippen MR) is 121 cm³/mol. The van der Waals surface area contributed by atoms with Crippen molar-refractivity contribution in [3.63, 3.8) is 0 Å². The Kier molecular flexibility index (Phi) is 3.72. The summed E-state index contributed by atoms with van der Waals surface area (Å²) in [5, 5.41) is 17.3. The monoisotopic (exact) mass is 383 g/mol. The highest BCUT2D eigenvalue weighted by atomic mass is 15.3. The zero-order chi connectivity index (χ0) is 19.6. The van der Waals surface area contributed by atoms with Crippen LogP contribution >= 0.6 is 0 Å². The van der Waals surface area contributed by atoms with E-state index in [0.29, 0.717) is 5.96 Å². The fraction of sp³-hybridized carbons (Fsp3) is 0.423. The third kappa shape index (κ3) is 2.74. The van der Waals surface area contributed by atoms with E-state index in [9.17, 15) is 0 Å². The molecule has 0 spiro atoms. The number of fused-ring (bicyclic) bond motifs is 2. The van der Waals surface area contributed by atoms with Gasteiger partial charge in [0.25, 0.3) is 0 Å². The molecule has 0 radical (unpaired) electrons. The highest BCUT2D eigenvalue weighted by Crippen LogP contribution is 2.57. The average molecular weight is 384 g/mol. The molecule has 0 heterocycles. The Labute approximate surface area is 172 Å². The Morgan fingerprint density at radius 1 is 0.862 bits per heavy atom. The molecule has 3 aromatic rings. The third-order valence-corrected chi connectivity index (χ3v) is 8.05. The molecule has 3 aromatic carbocycles. The Balaban J connectivity index is 1.32. The number of guanidine groups is 1. The smallest absolute Gasteiger partial charge is 0.195 e. The molecule has 0 aromatic heterocycles. The molecular weight excluding hydrogens is 354 g/mol. The summed E-state index contributed by atoms with van der Waals surface area (Å²) in [6.07, 6.45) is 8.14.